The van der Waals surface area contributed by atoms with Gasteiger partial charge in [-0.2, -0.15) is 0 Å². The highest BCUT2D eigenvalue weighted by atomic mass is 31.2. The molecule has 0 amide bonds. The Labute approximate surface area is 394 Å². The maximum atomic E-state index is 12.8. The van der Waals surface area contributed by atoms with Gasteiger partial charge in [-0.05, 0) is 83.1 Å². The monoisotopic (exact) mass is 949 g/mol. The number of allylic oxidation sites excluding steroid dienone is 16. The van der Waals surface area contributed by atoms with Crippen molar-refractivity contribution in [3.05, 3.63) is 97.2 Å². The predicted octanol–water partition coefficient (Wildman–Crippen LogP) is 9.01. The lowest BCUT2D eigenvalue weighted by Gasteiger charge is -2.41. The topological polar surface area (TPSA) is 227 Å². The molecule has 15 heteroatoms. The Morgan fingerprint density at radius 3 is 1.59 bits per heavy atom. The number of aliphatic hydroxyl groups is 5. The molecule has 14 nitrogen and oxygen atoms in total. The SMILES string of the molecule is CC/C=C\C/C=C\C/C=C\C/C=C\CCCCCCCCC(=O)O[C@H](COC(=O)CCCC(=O)/C=C/C=C\C/C=C\C/C=C\CCCCC)COP(=O)(O)OC1[C@H](O)[C@H](O)C(O)[C@H](O)[C@H]1O. The van der Waals surface area contributed by atoms with Gasteiger partial charge in [0.05, 0.1) is 6.61 Å². The van der Waals surface area contributed by atoms with Gasteiger partial charge in [0, 0.05) is 19.3 Å². The maximum absolute atomic E-state index is 12.8. The summed E-state index contributed by atoms with van der Waals surface area (Å²) in [6.07, 6.45) is 35.9. The van der Waals surface area contributed by atoms with E-state index in [1.165, 1.54) is 25.3 Å². The summed E-state index contributed by atoms with van der Waals surface area (Å²) in [4.78, 5) is 48.0. The summed E-state index contributed by atoms with van der Waals surface area (Å²) in [7, 11) is -5.19. The summed E-state index contributed by atoms with van der Waals surface area (Å²) in [5.41, 5.74) is 0. The van der Waals surface area contributed by atoms with Crippen molar-refractivity contribution in [2.75, 3.05) is 13.2 Å². The lowest BCUT2D eigenvalue weighted by molar-refractivity contribution is -0.220. The number of esters is 2. The third-order valence-corrected chi connectivity index (χ3v) is 11.4. The van der Waals surface area contributed by atoms with Crippen LogP contribution < -0.4 is 0 Å². The molecule has 3 unspecified atom stereocenters. The highest BCUT2D eigenvalue weighted by molar-refractivity contribution is 7.47. The first kappa shape index (κ1) is 60.5. The minimum Gasteiger partial charge on any atom is -0.462 e. The lowest BCUT2D eigenvalue weighted by Crippen LogP contribution is -2.64. The van der Waals surface area contributed by atoms with Crippen LogP contribution in [0.3, 0.4) is 0 Å². The fourth-order valence-corrected chi connectivity index (χ4v) is 7.50. The number of hydrogen-bond acceptors (Lipinski definition) is 13. The summed E-state index contributed by atoms with van der Waals surface area (Å²) < 4.78 is 33.3. The number of phosphoric ester groups is 1. The van der Waals surface area contributed by atoms with Crippen LogP contribution in [0.1, 0.15) is 149 Å². The summed E-state index contributed by atoms with van der Waals surface area (Å²) in [6.45, 7) is 2.93. The number of rotatable bonds is 38. The van der Waals surface area contributed by atoms with Crippen LogP contribution in [0.4, 0.5) is 0 Å². The molecule has 1 aliphatic rings. The van der Waals surface area contributed by atoms with Crippen LogP contribution in [0, 0.1) is 0 Å². The van der Waals surface area contributed by atoms with Gasteiger partial charge < -0.3 is 39.9 Å². The quantitative estimate of drug-likeness (QED) is 0.00848. The minimum atomic E-state index is -5.19. The molecule has 1 rings (SSSR count). The zero-order chi connectivity index (χ0) is 48.7. The Balaban J connectivity index is 2.54. The first-order valence-corrected chi connectivity index (χ1v) is 25.5. The van der Waals surface area contributed by atoms with Crippen LogP contribution in [0.15, 0.2) is 97.2 Å². The molecule has 0 heterocycles. The molecule has 0 aromatic carbocycles. The van der Waals surface area contributed by atoms with Gasteiger partial charge in [-0.15, -0.1) is 0 Å². The first-order valence-electron chi connectivity index (χ1n) is 24.0. The van der Waals surface area contributed by atoms with Gasteiger partial charge in [-0.3, -0.25) is 23.4 Å². The molecule has 1 aliphatic carbocycles. The molecule has 66 heavy (non-hydrogen) atoms. The Hall–Kier alpha value is -3.56. The van der Waals surface area contributed by atoms with Gasteiger partial charge in [-0.1, -0.05) is 144 Å². The van der Waals surface area contributed by atoms with Crippen LogP contribution >= 0.6 is 7.82 Å². The molecular weight excluding hydrogens is 868 g/mol. The van der Waals surface area contributed by atoms with E-state index in [-0.39, 0.29) is 31.5 Å². The summed E-state index contributed by atoms with van der Waals surface area (Å²) in [5, 5.41) is 50.2. The normalized spacial score (nSPS) is 22.1. The number of ether oxygens (including phenoxy) is 2. The molecule has 0 bridgehead atoms. The Morgan fingerprint density at radius 2 is 1.02 bits per heavy atom. The summed E-state index contributed by atoms with van der Waals surface area (Å²) in [6, 6.07) is 0. The Kier molecular flexibility index (Phi) is 36.1. The molecule has 0 saturated heterocycles. The number of unbranched alkanes of at least 4 members (excludes halogenated alkanes) is 9. The predicted molar refractivity (Wildman–Crippen MR) is 258 cm³/mol. The number of phosphoric acid groups is 1. The Bertz CT molecular complexity index is 1580. The van der Waals surface area contributed by atoms with Crippen molar-refractivity contribution < 1.29 is 67.9 Å². The van der Waals surface area contributed by atoms with E-state index in [0.717, 1.165) is 83.5 Å². The molecule has 0 aromatic heterocycles. The van der Waals surface area contributed by atoms with Crippen LogP contribution in [0.5, 0.6) is 0 Å². The number of carbonyl (C=O) groups excluding carboxylic acids is 3. The fraction of sp³-hybridized carbons (Fsp3) is 0.627. The summed E-state index contributed by atoms with van der Waals surface area (Å²) >= 11 is 0. The second-order valence-corrected chi connectivity index (χ2v) is 17.7. The zero-order valence-corrected chi connectivity index (χ0v) is 40.3. The molecule has 0 aromatic rings. The number of carbonyl (C=O) groups is 3. The number of ketones is 1. The average Bonchev–Trinajstić information content (AvgIpc) is 3.29. The van der Waals surface area contributed by atoms with Crippen molar-refractivity contribution in [1.29, 1.82) is 0 Å². The maximum Gasteiger partial charge on any atom is 0.472 e. The van der Waals surface area contributed by atoms with Crippen molar-refractivity contribution in [2.24, 2.45) is 0 Å². The molecule has 0 aliphatic heterocycles. The van der Waals surface area contributed by atoms with Crippen LogP contribution in [0.2, 0.25) is 0 Å². The number of aliphatic hydroxyl groups excluding tert-OH is 5. The average molecular weight is 949 g/mol. The Morgan fingerprint density at radius 1 is 0.530 bits per heavy atom. The van der Waals surface area contributed by atoms with Gasteiger partial charge in [0.25, 0.3) is 0 Å². The van der Waals surface area contributed by atoms with Crippen LogP contribution in [-0.2, 0) is 37.5 Å². The van der Waals surface area contributed by atoms with Crippen molar-refractivity contribution in [3.8, 4) is 0 Å². The van der Waals surface area contributed by atoms with E-state index < -0.39 is 75.7 Å². The van der Waals surface area contributed by atoms with Crippen molar-refractivity contribution in [1.82, 2.24) is 0 Å². The van der Waals surface area contributed by atoms with E-state index in [0.29, 0.717) is 6.42 Å². The van der Waals surface area contributed by atoms with E-state index >= 15 is 0 Å². The minimum absolute atomic E-state index is 0.0244. The zero-order valence-electron chi connectivity index (χ0n) is 39.4. The molecule has 8 atom stereocenters. The molecule has 6 N–H and O–H groups in total. The molecule has 374 valence electrons. The van der Waals surface area contributed by atoms with E-state index in [1.54, 1.807) is 12.2 Å². The second-order valence-electron chi connectivity index (χ2n) is 16.3. The fourth-order valence-electron chi connectivity index (χ4n) is 6.52. The molecule has 1 fully saturated rings. The number of hydrogen-bond donors (Lipinski definition) is 6. The van der Waals surface area contributed by atoms with Gasteiger partial charge in [-0.25, -0.2) is 4.57 Å². The van der Waals surface area contributed by atoms with Crippen molar-refractivity contribution >= 4 is 25.5 Å². The van der Waals surface area contributed by atoms with Gasteiger partial charge in [0.1, 0.15) is 43.2 Å². The van der Waals surface area contributed by atoms with Gasteiger partial charge >= 0.3 is 19.8 Å². The summed E-state index contributed by atoms with van der Waals surface area (Å²) in [5.74, 6) is -1.56. The smallest absolute Gasteiger partial charge is 0.462 e. The van der Waals surface area contributed by atoms with Crippen LogP contribution in [-0.4, -0.2) is 104 Å². The molecule has 0 radical (unpaired) electrons. The second kappa shape index (κ2) is 39.4. The van der Waals surface area contributed by atoms with Gasteiger partial charge in [0.2, 0.25) is 0 Å². The standard InChI is InChI=1S/C51H81O14P/c1-3-5-7-9-11-13-15-17-18-19-20-21-22-24-26-28-30-32-34-38-45(54)64-43(41-63-66(60,61)65-51-49(58)47(56)46(55)48(57)50(51)59)40-62-44(53)39-35-37-42(52)36-33-31-29-27-25-23-16-14-12-10-8-6-4-2/h5,7,11-14,17-18,20-21,23,25,29,31,33,36,43,46-51,55-59H,3-4,6,8-10,15-16,19,22,24,26-28,30,32,34-35,37-41H2,1-2H3,(H,60,61)/b7-5-,13-11-,14-12-,18-17-,21-20-,25-23-,31-29-,36-33+/t43-,46?,47-,48+,49-,50-,51?/m1/s1. The van der Waals surface area contributed by atoms with Crippen molar-refractivity contribution in [3.63, 3.8) is 0 Å². The highest BCUT2D eigenvalue weighted by Crippen LogP contribution is 2.47. The molecular formula is C51H81O14P. The largest absolute Gasteiger partial charge is 0.472 e. The molecule has 1 saturated carbocycles. The molecule has 0 spiro atoms. The van der Waals surface area contributed by atoms with E-state index in [4.69, 9.17) is 18.5 Å². The van der Waals surface area contributed by atoms with Crippen LogP contribution in [0.25, 0.3) is 0 Å². The van der Waals surface area contributed by atoms with Crippen molar-refractivity contribution in [2.45, 2.75) is 191 Å². The lowest BCUT2D eigenvalue weighted by atomic mass is 9.85. The van der Waals surface area contributed by atoms with E-state index in [1.807, 2.05) is 6.08 Å². The first-order chi connectivity index (χ1) is 31.8. The third-order valence-electron chi connectivity index (χ3n) is 10.4. The van der Waals surface area contributed by atoms with E-state index in [2.05, 4.69) is 86.8 Å². The van der Waals surface area contributed by atoms with E-state index in [9.17, 15) is 49.4 Å². The van der Waals surface area contributed by atoms with Gasteiger partial charge in [0.15, 0.2) is 11.9 Å². The third kappa shape index (κ3) is 31.4. The highest BCUT2D eigenvalue weighted by Gasteiger charge is 2.51.